The first kappa shape index (κ1) is 17.4. The van der Waals surface area contributed by atoms with Gasteiger partial charge in [0.05, 0.1) is 0 Å². The highest BCUT2D eigenvalue weighted by Crippen LogP contribution is 2.07. The van der Waals surface area contributed by atoms with Crippen LogP contribution in [0.1, 0.15) is 19.5 Å². The van der Waals surface area contributed by atoms with Gasteiger partial charge in [0.25, 0.3) is 0 Å². The lowest BCUT2D eigenvalue weighted by Crippen LogP contribution is -2.24. The molecular weight excluding hydrogens is 276 g/mol. The maximum Gasteiger partial charge on any atom is 0.150 e. The molecule has 1 aromatic heterocycles. The van der Waals surface area contributed by atoms with Crippen molar-refractivity contribution < 1.29 is 0 Å². The number of amidine groups is 1. The molecule has 1 rings (SSSR count). The van der Waals surface area contributed by atoms with E-state index in [2.05, 4.69) is 50.5 Å². The van der Waals surface area contributed by atoms with E-state index in [1.54, 1.807) is 19.4 Å². The minimum absolute atomic E-state index is 0.203. The molecule has 0 aliphatic rings. The van der Waals surface area contributed by atoms with Crippen molar-refractivity contribution in [2.24, 2.45) is 15.9 Å². The van der Waals surface area contributed by atoms with Gasteiger partial charge in [-0.1, -0.05) is 19.1 Å². The third-order valence-electron chi connectivity index (χ3n) is 2.95. The first-order valence-corrected chi connectivity index (χ1v) is 7.04. The number of nitrogens with zero attached hydrogens (tertiary/aromatic N) is 3. The minimum atomic E-state index is 0.203. The van der Waals surface area contributed by atoms with E-state index in [0.29, 0.717) is 0 Å². The Balaban J connectivity index is 3.02. The summed E-state index contributed by atoms with van der Waals surface area (Å²) in [5, 5.41) is 13.3. The van der Waals surface area contributed by atoms with Crippen LogP contribution in [-0.2, 0) is 0 Å². The Labute approximate surface area is 131 Å². The SMILES string of the molecule is C=N/C=C/C(C)/C=C(\C=C(/C)NC)NC(=NC)c1ccn[nH]1. The number of aliphatic imine (C=N–C) groups is 2. The molecule has 22 heavy (non-hydrogen) atoms. The van der Waals surface area contributed by atoms with Gasteiger partial charge >= 0.3 is 0 Å². The van der Waals surface area contributed by atoms with Gasteiger partial charge in [0, 0.05) is 37.9 Å². The fraction of sp³-hybridized carbons (Fsp3) is 0.312. The molecule has 0 spiro atoms. The van der Waals surface area contributed by atoms with Crippen molar-refractivity contribution in [1.82, 2.24) is 20.8 Å². The molecule has 0 saturated heterocycles. The molecule has 1 atom stereocenters. The smallest absolute Gasteiger partial charge is 0.150 e. The first-order chi connectivity index (χ1) is 10.6. The van der Waals surface area contributed by atoms with Crippen LogP contribution in [0.4, 0.5) is 0 Å². The topological polar surface area (TPSA) is 77.5 Å². The van der Waals surface area contributed by atoms with Gasteiger partial charge in [-0.05, 0) is 31.7 Å². The zero-order valence-corrected chi connectivity index (χ0v) is 13.6. The summed E-state index contributed by atoms with van der Waals surface area (Å²) in [6.45, 7) is 7.52. The fourth-order valence-corrected chi connectivity index (χ4v) is 1.73. The van der Waals surface area contributed by atoms with Crippen molar-refractivity contribution in [3.63, 3.8) is 0 Å². The van der Waals surface area contributed by atoms with Crippen molar-refractivity contribution >= 4 is 12.6 Å². The summed E-state index contributed by atoms with van der Waals surface area (Å²) in [4.78, 5) is 8.00. The maximum absolute atomic E-state index is 4.27. The third kappa shape index (κ3) is 5.78. The van der Waals surface area contributed by atoms with E-state index in [0.717, 1.165) is 22.9 Å². The second-order valence-corrected chi connectivity index (χ2v) is 4.75. The predicted molar refractivity (Wildman–Crippen MR) is 92.9 cm³/mol. The van der Waals surface area contributed by atoms with Crippen LogP contribution >= 0.6 is 0 Å². The van der Waals surface area contributed by atoms with E-state index < -0.39 is 0 Å². The van der Waals surface area contributed by atoms with E-state index >= 15 is 0 Å². The maximum atomic E-state index is 4.27. The molecular formula is C16H24N6. The minimum Gasteiger partial charge on any atom is -0.392 e. The van der Waals surface area contributed by atoms with Gasteiger partial charge in [0.15, 0.2) is 5.84 Å². The van der Waals surface area contributed by atoms with Crippen LogP contribution in [0.5, 0.6) is 0 Å². The van der Waals surface area contributed by atoms with Crippen LogP contribution in [0.15, 0.2) is 58.1 Å². The van der Waals surface area contributed by atoms with E-state index in [-0.39, 0.29) is 5.92 Å². The van der Waals surface area contributed by atoms with E-state index in [9.17, 15) is 0 Å². The molecule has 0 fully saturated rings. The van der Waals surface area contributed by atoms with Gasteiger partial charge < -0.3 is 10.6 Å². The summed E-state index contributed by atoms with van der Waals surface area (Å²) in [6, 6.07) is 1.87. The Hall–Kier alpha value is -2.63. The highest BCUT2D eigenvalue weighted by atomic mass is 15.1. The molecule has 118 valence electrons. The van der Waals surface area contributed by atoms with Crippen LogP contribution in [0, 0.1) is 5.92 Å². The fourth-order valence-electron chi connectivity index (χ4n) is 1.73. The molecule has 1 unspecified atom stereocenters. The lowest BCUT2D eigenvalue weighted by atomic mass is 10.1. The first-order valence-electron chi connectivity index (χ1n) is 7.04. The Morgan fingerprint density at radius 2 is 2.27 bits per heavy atom. The second kappa shape index (κ2) is 9.33. The summed E-state index contributed by atoms with van der Waals surface area (Å²) in [5.74, 6) is 0.927. The van der Waals surface area contributed by atoms with Crippen molar-refractivity contribution in [3.8, 4) is 0 Å². The Bertz CT molecular complexity index is 578. The van der Waals surface area contributed by atoms with Crippen LogP contribution in [0.3, 0.4) is 0 Å². The summed E-state index contributed by atoms with van der Waals surface area (Å²) < 4.78 is 0. The molecule has 1 aromatic rings. The number of nitrogens with one attached hydrogen (secondary N) is 3. The van der Waals surface area contributed by atoms with Gasteiger partial charge in [-0.2, -0.15) is 5.10 Å². The number of aromatic nitrogens is 2. The molecule has 6 heteroatoms. The second-order valence-electron chi connectivity index (χ2n) is 4.75. The number of aromatic amines is 1. The average Bonchev–Trinajstić information content (AvgIpc) is 3.04. The lowest BCUT2D eigenvalue weighted by molar-refractivity contribution is 0.905. The highest BCUT2D eigenvalue weighted by molar-refractivity contribution is 5.98. The van der Waals surface area contributed by atoms with Crippen LogP contribution in [0.25, 0.3) is 0 Å². The number of H-pyrrole nitrogens is 1. The van der Waals surface area contributed by atoms with E-state index in [4.69, 9.17) is 0 Å². The van der Waals surface area contributed by atoms with Gasteiger partial charge in [-0.3, -0.25) is 15.1 Å². The van der Waals surface area contributed by atoms with Gasteiger partial charge in [0.2, 0.25) is 0 Å². The standard InChI is InChI=1S/C16H24N6/c1-12(6-8-17-3)10-14(11-13(2)18-4)21-16(19-5)15-7-9-20-22-15/h6-12,18H,3H2,1-2,4-5H3,(H,19,21)(H,20,22)/b8-6+,13-11+,14-10+. The predicted octanol–water partition coefficient (Wildman–Crippen LogP) is 2.23. The normalized spacial score (nSPS) is 15.0. The summed E-state index contributed by atoms with van der Waals surface area (Å²) in [5.41, 5.74) is 2.81. The molecule has 1 heterocycles. The van der Waals surface area contributed by atoms with Crippen molar-refractivity contribution in [1.29, 1.82) is 0 Å². The lowest BCUT2D eigenvalue weighted by Gasteiger charge is -2.12. The van der Waals surface area contributed by atoms with Crippen LogP contribution in [0.2, 0.25) is 0 Å². The number of rotatable bonds is 7. The Morgan fingerprint density at radius 1 is 1.50 bits per heavy atom. The van der Waals surface area contributed by atoms with Crippen LogP contribution < -0.4 is 10.6 Å². The molecule has 0 aliphatic heterocycles. The molecule has 0 amide bonds. The third-order valence-corrected chi connectivity index (χ3v) is 2.95. The zero-order valence-electron chi connectivity index (χ0n) is 13.6. The molecule has 0 radical (unpaired) electrons. The monoisotopic (exact) mass is 300 g/mol. The Morgan fingerprint density at radius 3 is 2.82 bits per heavy atom. The van der Waals surface area contributed by atoms with Gasteiger partial charge in [-0.15, -0.1) is 0 Å². The molecule has 0 aliphatic carbocycles. The summed E-state index contributed by atoms with van der Waals surface area (Å²) in [6.07, 6.45) is 9.46. The largest absolute Gasteiger partial charge is 0.392 e. The van der Waals surface area contributed by atoms with Crippen molar-refractivity contribution in [3.05, 3.63) is 53.8 Å². The quantitative estimate of drug-likeness (QED) is 0.410. The van der Waals surface area contributed by atoms with E-state index in [1.165, 1.54) is 0 Å². The number of hydrogen-bond acceptors (Lipinski definition) is 4. The van der Waals surface area contributed by atoms with Crippen LogP contribution in [-0.4, -0.2) is 36.8 Å². The van der Waals surface area contributed by atoms with E-state index in [1.807, 2.05) is 32.2 Å². The molecule has 6 nitrogen and oxygen atoms in total. The molecule has 0 aromatic carbocycles. The molecule has 3 N–H and O–H groups in total. The Kier molecular flexibility index (Phi) is 7.39. The molecule has 0 saturated carbocycles. The molecule has 0 bridgehead atoms. The van der Waals surface area contributed by atoms with Crippen molar-refractivity contribution in [2.75, 3.05) is 14.1 Å². The zero-order chi connectivity index (χ0) is 16.4. The van der Waals surface area contributed by atoms with Gasteiger partial charge in [0.1, 0.15) is 5.69 Å². The summed E-state index contributed by atoms with van der Waals surface area (Å²) >= 11 is 0. The average molecular weight is 300 g/mol. The van der Waals surface area contributed by atoms with Crippen molar-refractivity contribution in [2.45, 2.75) is 13.8 Å². The number of allylic oxidation sites excluding steroid dienone is 4. The number of hydrogen-bond donors (Lipinski definition) is 3. The highest BCUT2D eigenvalue weighted by Gasteiger charge is 2.06. The summed E-state index contributed by atoms with van der Waals surface area (Å²) in [7, 11) is 3.62. The van der Waals surface area contributed by atoms with Gasteiger partial charge in [-0.25, -0.2) is 0 Å².